The summed E-state index contributed by atoms with van der Waals surface area (Å²) in [7, 11) is 2.08. The fourth-order valence-electron chi connectivity index (χ4n) is 2.78. The van der Waals surface area contributed by atoms with Crippen LogP contribution in [0.25, 0.3) is 11.0 Å². The third-order valence-electron chi connectivity index (χ3n) is 4.12. The molecule has 3 rings (SSSR count). The highest BCUT2D eigenvalue weighted by Gasteiger charge is 2.10. The average Bonchev–Trinajstić information content (AvgIpc) is 2.91. The Morgan fingerprint density at radius 1 is 1.17 bits per heavy atom. The first-order valence-corrected chi connectivity index (χ1v) is 8.72. The van der Waals surface area contributed by atoms with Gasteiger partial charge in [-0.25, -0.2) is 4.79 Å². The molecule has 23 heavy (non-hydrogen) atoms. The molecule has 0 aliphatic rings. The van der Waals surface area contributed by atoms with Crippen molar-refractivity contribution in [3.05, 3.63) is 67.7 Å². The summed E-state index contributed by atoms with van der Waals surface area (Å²) in [6.07, 6.45) is 0.932. The van der Waals surface area contributed by atoms with Crippen LogP contribution in [0.1, 0.15) is 28.5 Å². The minimum Gasteiger partial charge on any atom is -0.423 e. The molecular formula is C19H21NO2S. The standard InChI is InChI=1S/C19H21NO2S/c1-4-14-5-6-16-15(10-19(21)22-17(16)9-14)11-20(3)12-18-13(2)7-8-23-18/h5-10H,4,11-12H2,1-3H3. The molecule has 0 saturated carbocycles. The smallest absolute Gasteiger partial charge is 0.336 e. The maximum absolute atomic E-state index is 11.9. The molecule has 0 spiro atoms. The molecule has 0 aliphatic heterocycles. The van der Waals surface area contributed by atoms with Crippen LogP contribution in [0.5, 0.6) is 0 Å². The van der Waals surface area contributed by atoms with Gasteiger partial charge in [0.15, 0.2) is 0 Å². The minimum absolute atomic E-state index is 0.276. The van der Waals surface area contributed by atoms with Gasteiger partial charge in [-0.1, -0.05) is 19.1 Å². The van der Waals surface area contributed by atoms with Crippen LogP contribution in [0, 0.1) is 6.92 Å². The largest absolute Gasteiger partial charge is 0.423 e. The van der Waals surface area contributed by atoms with Gasteiger partial charge in [0.2, 0.25) is 0 Å². The molecule has 0 saturated heterocycles. The molecule has 0 radical (unpaired) electrons. The average molecular weight is 327 g/mol. The summed E-state index contributed by atoms with van der Waals surface area (Å²) in [5.41, 5.74) is 3.94. The Morgan fingerprint density at radius 3 is 2.70 bits per heavy atom. The van der Waals surface area contributed by atoms with Gasteiger partial charge in [0.05, 0.1) is 0 Å². The summed E-state index contributed by atoms with van der Waals surface area (Å²) in [5, 5.41) is 3.15. The maximum Gasteiger partial charge on any atom is 0.336 e. The molecule has 0 fully saturated rings. The zero-order valence-electron chi connectivity index (χ0n) is 13.8. The van der Waals surface area contributed by atoms with Crippen LogP contribution in [0.4, 0.5) is 0 Å². The van der Waals surface area contributed by atoms with Crippen LogP contribution in [-0.2, 0) is 19.5 Å². The molecule has 4 heteroatoms. The minimum atomic E-state index is -0.276. The molecule has 0 bridgehead atoms. The first kappa shape index (κ1) is 16.0. The van der Waals surface area contributed by atoms with E-state index in [2.05, 4.69) is 49.4 Å². The number of nitrogens with zero attached hydrogens (tertiary/aromatic N) is 1. The third kappa shape index (κ3) is 3.54. The van der Waals surface area contributed by atoms with Crippen molar-refractivity contribution in [1.82, 2.24) is 4.90 Å². The number of fused-ring (bicyclic) bond motifs is 1. The third-order valence-corrected chi connectivity index (χ3v) is 5.13. The van der Waals surface area contributed by atoms with Gasteiger partial charge < -0.3 is 4.42 Å². The molecule has 0 N–H and O–H groups in total. The summed E-state index contributed by atoms with van der Waals surface area (Å²) >= 11 is 1.78. The number of rotatable bonds is 5. The molecule has 120 valence electrons. The van der Waals surface area contributed by atoms with E-state index in [9.17, 15) is 4.79 Å². The second-order valence-electron chi connectivity index (χ2n) is 5.97. The van der Waals surface area contributed by atoms with Gasteiger partial charge in [-0.2, -0.15) is 0 Å². The zero-order chi connectivity index (χ0) is 16.4. The van der Waals surface area contributed by atoms with Crippen molar-refractivity contribution in [2.24, 2.45) is 0 Å². The van der Waals surface area contributed by atoms with Gasteiger partial charge in [0, 0.05) is 29.4 Å². The molecule has 3 aromatic rings. The van der Waals surface area contributed by atoms with E-state index in [0.717, 1.165) is 30.5 Å². The van der Waals surface area contributed by atoms with Crippen molar-refractivity contribution < 1.29 is 4.42 Å². The maximum atomic E-state index is 11.9. The number of benzene rings is 1. The Labute approximate surface area is 140 Å². The molecule has 0 amide bonds. The normalized spacial score (nSPS) is 11.5. The van der Waals surface area contributed by atoms with Gasteiger partial charge in [-0.05, 0) is 54.6 Å². The number of hydrogen-bond acceptors (Lipinski definition) is 4. The summed E-state index contributed by atoms with van der Waals surface area (Å²) in [6.45, 7) is 5.85. The second kappa shape index (κ2) is 6.69. The van der Waals surface area contributed by atoms with Crippen molar-refractivity contribution >= 4 is 22.3 Å². The van der Waals surface area contributed by atoms with Crippen LogP contribution >= 0.6 is 11.3 Å². The molecule has 2 heterocycles. The molecule has 0 aliphatic carbocycles. The molecule has 3 nitrogen and oxygen atoms in total. The van der Waals surface area contributed by atoms with E-state index in [1.54, 1.807) is 17.4 Å². The molecular weight excluding hydrogens is 306 g/mol. The lowest BCUT2D eigenvalue weighted by atomic mass is 10.1. The quantitative estimate of drug-likeness (QED) is 0.653. The van der Waals surface area contributed by atoms with E-state index < -0.39 is 0 Å². The second-order valence-corrected chi connectivity index (χ2v) is 6.97. The van der Waals surface area contributed by atoms with E-state index in [0.29, 0.717) is 5.58 Å². The summed E-state index contributed by atoms with van der Waals surface area (Å²) < 4.78 is 5.38. The highest BCUT2D eigenvalue weighted by molar-refractivity contribution is 7.10. The van der Waals surface area contributed by atoms with Crippen molar-refractivity contribution in [3.63, 3.8) is 0 Å². The van der Waals surface area contributed by atoms with Gasteiger partial charge >= 0.3 is 5.63 Å². The summed E-state index contributed by atoms with van der Waals surface area (Å²) in [4.78, 5) is 15.5. The lowest BCUT2D eigenvalue weighted by Gasteiger charge is -2.17. The number of thiophene rings is 1. The van der Waals surface area contributed by atoms with Crippen LogP contribution in [0.3, 0.4) is 0 Å². The zero-order valence-corrected chi connectivity index (χ0v) is 14.6. The lowest BCUT2D eigenvalue weighted by molar-refractivity contribution is 0.321. The Kier molecular flexibility index (Phi) is 4.64. The highest BCUT2D eigenvalue weighted by atomic mass is 32.1. The predicted molar refractivity (Wildman–Crippen MR) is 96.1 cm³/mol. The molecule has 0 atom stereocenters. The molecule has 0 unspecified atom stereocenters. The summed E-state index contributed by atoms with van der Waals surface area (Å²) in [6, 6.07) is 9.91. The van der Waals surface area contributed by atoms with E-state index in [1.807, 2.05) is 6.07 Å². The van der Waals surface area contributed by atoms with Crippen LogP contribution in [0.2, 0.25) is 0 Å². The molecule has 1 aromatic carbocycles. The first-order chi connectivity index (χ1) is 11.1. The highest BCUT2D eigenvalue weighted by Crippen LogP contribution is 2.22. The Hall–Kier alpha value is -1.91. The van der Waals surface area contributed by atoms with Crippen LogP contribution in [0.15, 0.2) is 44.9 Å². The van der Waals surface area contributed by atoms with E-state index in [1.165, 1.54) is 16.0 Å². The van der Waals surface area contributed by atoms with Crippen LogP contribution < -0.4 is 5.63 Å². The SMILES string of the molecule is CCc1ccc2c(CN(C)Cc3sccc3C)cc(=O)oc2c1. The van der Waals surface area contributed by atoms with Crippen molar-refractivity contribution in [2.45, 2.75) is 33.4 Å². The molecule has 2 aromatic heterocycles. The lowest BCUT2D eigenvalue weighted by Crippen LogP contribution is -2.18. The van der Waals surface area contributed by atoms with Gasteiger partial charge in [0.25, 0.3) is 0 Å². The van der Waals surface area contributed by atoms with Crippen molar-refractivity contribution in [1.29, 1.82) is 0 Å². The van der Waals surface area contributed by atoms with Gasteiger partial charge in [-0.15, -0.1) is 11.3 Å². The summed E-state index contributed by atoms with van der Waals surface area (Å²) in [5.74, 6) is 0. The Balaban J connectivity index is 1.90. The number of hydrogen-bond donors (Lipinski definition) is 0. The monoisotopic (exact) mass is 327 g/mol. The fourth-order valence-corrected chi connectivity index (χ4v) is 3.77. The first-order valence-electron chi connectivity index (χ1n) is 7.84. The van der Waals surface area contributed by atoms with E-state index in [4.69, 9.17) is 4.42 Å². The Morgan fingerprint density at radius 2 is 2.00 bits per heavy atom. The van der Waals surface area contributed by atoms with Gasteiger partial charge in [0.1, 0.15) is 5.58 Å². The van der Waals surface area contributed by atoms with Gasteiger partial charge in [-0.3, -0.25) is 4.90 Å². The topological polar surface area (TPSA) is 33.5 Å². The Bertz CT molecular complexity index is 878. The van der Waals surface area contributed by atoms with E-state index >= 15 is 0 Å². The fraction of sp³-hybridized carbons (Fsp3) is 0.316. The van der Waals surface area contributed by atoms with Crippen LogP contribution in [-0.4, -0.2) is 11.9 Å². The number of aryl methyl sites for hydroxylation is 2. The predicted octanol–water partition coefficient (Wildman–Crippen LogP) is 4.36. The van der Waals surface area contributed by atoms with E-state index in [-0.39, 0.29) is 5.63 Å². The van der Waals surface area contributed by atoms with Crippen molar-refractivity contribution in [3.8, 4) is 0 Å². The van der Waals surface area contributed by atoms with Crippen molar-refractivity contribution in [2.75, 3.05) is 7.05 Å².